The predicted molar refractivity (Wildman–Crippen MR) is 175 cm³/mol. The van der Waals surface area contributed by atoms with Crippen LogP contribution >= 0.6 is 23.2 Å². The summed E-state index contributed by atoms with van der Waals surface area (Å²) in [4.78, 5) is 37.3. The van der Waals surface area contributed by atoms with Gasteiger partial charge in [-0.2, -0.15) is 0 Å². The highest BCUT2D eigenvalue weighted by atomic mass is 35.5. The number of nitrogens with one attached hydrogen (secondary N) is 2. The third kappa shape index (κ3) is 6.85. The molecule has 0 bridgehead atoms. The topological polar surface area (TPSA) is 112 Å². The van der Waals surface area contributed by atoms with Gasteiger partial charge in [-0.05, 0) is 72.2 Å². The van der Waals surface area contributed by atoms with Gasteiger partial charge < -0.3 is 25.2 Å². The molecule has 1 fully saturated rings. The van der Waals surface area contributed by atoms with Crippen molar-refractivity contribution in [3.8, 4) is 0 Å². The predicted octanol–water partition coefficient (Wildman–Crippen LogP) is 5.66. The number of fused-ring (bicyclic) bond motifs is 1. The molecular weight excluding hydrogens is 599 g/mol. The van der Waals surface area contributed by atoms with Gasteiger partial charge in [-0.3, -0.25) is 14.6 Å². The molecule has 44 heavy (non-hydrogen) atoms. The number of aromatic nitrogens is 3. The summed E-state index contributed by atoms with van der Waals surface area (Å²) in [7, 11) is 1.96. The molecular formula is C33H38Cl2N6O3. The number of carbonyl (C=O) groups is 2. The number of aliphatic hydroxyl groups is 1. The van der Waals surface area contributed by atoms with E-state index in [-0.39, 0.29) is 30.7 Å². The van der Waals surface area contributed by atoms with Gasteiger partial charge in [-0.15, -0.1) is 0 Å². The van der Waals surface area contributed by atoms with Crippen LogP contribution in [0.25, 0.3) is 11.0 Å². The Morgan fingerprint density at radius 2 is 1.84 bits per heavy atom. The summed E-state index contributed by atoms with van der Waals surface area (Å²) in [6.45, 7) is 6.73. The van der Waals surface area contributed by atoms with Gasteiger partial charge in [0.2, 0.25) is 0 Å². The quantitative estimate of drug-likeness (QED) is 0.207. The molecule has 1 saturated heterocycles. The maximum absolute atomic E-state index is 13.3. The fourth-order valence-corrected chi connectivity index (χ4v) is 6.10. The smallest absolute Gasteiger partial charge is 0.270 e. The largest absolute Gasteiger partial charge is 0.392 e. The third-order valence-electron chi connectivity index (χ3n) is 8.28. The number of aryl methyl sites for hydroxylation is 1. The molecule has 2 aromatic carbocycles. The van der Waals surface area contributed by atoms with Gasteiger partial charge in [0, 0.05) is 50.9 Å². The Morgan fingerprint density at radius 3 is 2.57 bits per heavy atom. The monoisotopic (exact) mass is 636 g/mol. The normalized spacial score (nSPS) is 13.8. The maximum atomic E-state index is 13.3. The Hall–Kier alpha value is -3.66. The molecule has 3 heterocycles. The van der Waals surface area contributed by atoms with Crippen LogP contribution in [0.5, 0.6) is 0 Å². The molecule has 0 spiro atoms. The second-order valence-corrected chi connectivity index (χ2v) is 12.2. The zero-order valence-corrected chi connectivity index (χ0v) is 26.8. The van der Waals surface area contributed by atoms with Crippen molar-refractivity contribution in [3.05, 3.63) is 86.4 Å². The van der Waals surface area contributed by atoms with Crippen LogP contribution in [0.4, 0.5) is 5.69 Å². The van der Waals surface area contributed by atoms with E-state index in [1.807, 2.05) is 24.6 Å². The highest BCUT2D eigenvalue weighted by Crippen LogP contribution is 2.34. The van der Waals surface area contributed by atoms with Gasteiger partial charge >= 0.3 is 0 Å². The molecule has 0 unspecified atom stereocenters. The van der Waals surface area contributed by atoms with E-state index in [2.05, 4.69) is 33.5 Å². The Kier molecular flexibility index (Phi) is 10.1. The number of pyridine rings is 1. The molecule has 9 nitrogen and oxygen atoms in total. The average molecular weight is 638 g/mol. The molecule has 0 radical (unpaired) electrons. The molecule has 232 valence electrons. The number of anilines is 1. The van der Waals surface area contributed by atoms with Crippen LogP contribution in [-0.4, -0.2) is 51.1 Å². The van der Waals surface area contributed by atoms with Crippen LogP contribution in [0.15, 0.2) is 42.6 Å². The second-order valence-electron chi connectivity index (χ2n) is 11.4. The van der Waals surface area contributed by atoms with Crippen LogP contribution in [0.1, 0.15) is 76.5 Å². The lowest BCUT2D eigenvalue weighted by molar-refractivity contribution is 0.0941. The highest BCUT2D eigenvalue weighted by Gasteiger charge is 2.24. The molecule has 5 rings (SSSR count). The summed E-state index contributed by atoms with van der Waals surface area (Å²) >= 11 is 13.5. The number of benzene rings is 2. The number of carbonyl (C=O) groups excluding carboxylic acids is 2. The van der Waals surface area contributed by atoms with E-state index in [9.17, 15) is 14.7 Å². The summed E-state index contributed by atoms with van der Waals surface area (Å²) in [5, 5.41) is 16.2. The Labute approximate surface area is 267 Å². The van der Waals surface area contributed by atoms with Gasteiger partial charge in [0.1, 0.15) is 11.5 Å². The van der Waals surface area contributed by atoms with E-state index < -0.39 is 0 Å². The van der Waals surface area contributed by atoms with Gasteiger partial charge in [0.25, 0.3) is 11.8 Å². The fraction of sp³-hybridized carbons (Fsp3) is 0.394. The van der Waals surface area contributed by atoms with Gasteiger partial charge in [-0.1, -0.05) is 43.1 Å². The molecule has 1 aliphatic rings. The zero-order valence-electron chi connectivity index (χ0n) is 25.3. The second kappa shape index (κ2) is 14.0. The molecule has 1 aliphatic heterocycles. The first-order valence-electron chi connectivity index (χ1n) is 15.0. The van der Waals surface area contributed by atoms with Gasteiger partial charge in [0.05, 0.1) is 33.9 Å². The lowest BCUT2D eigenvalue weighted by atomic mass is 9.97. The molecule has 0 aliphatic carbocycles. The SMILES string of the molecule is CCCNC(=O)c1cc2nc(Cc3c(Cl)ccc(CNC(=O)c4cc(CO)ccn4)c3Cl)n(C)c2cc1N1CCC(C)CC1. The molecule has 11 heteroatoms. The van der Waals surface area contributed by atoms with Crippen molar-refractivity contribution < 1.29 is 14.7 Å². The van der Waals surface area contributed by atoms with E-state index in [0.29, 0.717) is 51.2 Å². The minimum Gasteiger partial charge on any atom is -0.392 e. The van der Waals surface area contributed by atoms with Crippen molar-refractivity contribution in [2.45, 2.75) is 52.7 Å². The first-order chi connectivity index (χ1) is 21.2. The first kappa shape index (κ1) is 31.8. The fourth-order valence-electron chi connectivity index (χ4n) is 5.53. The zero-order chi connectivity index (χ0) is 31.4. The molecule has 2 aromatic heterocycles. The average Bonchev–Trinajstić information content (AvgIpc) is 3.34. The number of hydrogen-bond acceptors (Lipinski definition) is 6. The van der Waals surface area contributed by atoms with Crippen molar-refractivity contribution in [1.82, 2.24) is 25.2 Å². The third-order valence-corrected chi connectivity index (χ3v) is 9.10. The van der Waals surface area contributed by atoms with Crippen LogP contribution < -0.4 is 15.5 Å². The summed E-state index contributed by atoms with van der Waals surface area (Å²) in [6.07, 6.45) is 4.88. The van der Waals surface area contributed by atoms with E-state index in [0.717, 1.165) is 54.9 Å². The minimum absolute atomic E-state index is 0.0892. The molecule has 0 saturated carbocycles. The standard InChI is InChI=1S/C33H38Cl2N6O3/c1-4-10-37-32(43)24-15-26-29(17-28(24)41-12-8-20(2)9-13-41)40(3)30(39-26)16-23-25(34)6-5-22(31(23)35)18-38-33(44)27-14-21(19-42)7-11-36-27/h5-7,11,14-15,17,20,42H,4,8-10,12-13,16,18-19H2,1-3H3,(H,37,43)(H,38,44). The van der Waals surface area contributed by atoms with E-state index in [4.69, 9.17) is 28.2 Å². The van der Waals surface area contributed by atoms with Crippen LogP contribution in [0, 0.1) is 5.92 Å². The molecule has 3 N–H and O–H groups in total. The van der Waals surface area contributed by atoms with Crippen molar-refractivity contribution in [2.75, 3.05) is 24.5 Å². The van der Waals surface area contributed by atoms with E-state index in [1.54, 1.807) is 24.3 Å². The number of piperidine rings is 1. The van der Waals surface area contributed by atoms with Gasteiger partial charge in [0.15, 0.2) is 0 Å². The maximum Gasteiger partial charge on any atom is 0.270 e. The molecule has 4 aromatic rings. The number of hydrogen-bond donors (Lipinski definition) is 3. The van der Waals surface area contributed by atoms with Crippen molar-refractivity contribution in [2.24, 2.45) is 13.0 Å². The molecule has 0 atom stereocenters. The van der Waals surface area contributed by atoms with E-state index in [1.165, 1.54) is 6.20 Å². The minimum atomic E-state index is -0.374. The Balaban J connectivity index is 1.43. The number of rotatable bonds is 10. The number of imidazole rings is 1. The van der Waals surface area contributed by atoms with Crippen molar-refractivity contribution in [1.29, 1.82) is 0 Å². The Bertz CT molecular complexity index is 1680. The summed E-state index contributed by atoms with van der Waals surface area (Å²) in [5.41, 5.74) is 5.44. The van der Waals surface area contributed by atoms with E-state index >= 15 is 0 Å². The number of amides is 2. The lowest BCUT2D eigenvalue weighted by Crippen LogP contribution is -2.35. The number of aliphatic hydroxyl groups excluding tert-OH is 1. The number of nitrogens with zero attached hydrogens (tertiary/aromatic N) is 4. The molecule has 2 amide bonds. The van der Waals surface area contributed by atoms with Crippen molar-refractivity contribution >= 4 is 51.7 Å². The van der Waals surface area contributed by atoms with Gasteiger partial charge in [-0.25, -0.2) is 4.98 Å². The van der Waals surface area contributed by atoms with Crippen LogP contribution in [-0.2, 0) is 26.6 Å². The lowest BCUT2D eigenvalue weighted by Gasteiger charge is -2.33. The highest BCUT2D eigenvalue weighted by molar-refractivity contribution is 6.36. The number of halogens is 2. The Morgan fingerprint density at radius 1 is 1.07 bits per heavy atom. The van der Waals surface area contributed by atoms with Crippen LogP contribution in [0.3, 0.4) is 0 Å². The summed E-state index contributed by atoms with van der Waals surface area (Å²) in [6, 6.07) is 10.7. The summed E-state index contributed by atoms with van der Waals surface area (Å²) < 4.78 is 2.03. The van der Waals surface area contributed by atoms with Crippen LogP contribution in [0.2, 0.25) is 10.0 Å². The first-order valence-corrected chi connectivity index (χ1v) is 15.8. The summed E-state index contributed by atoms with van der Waals surface area (Å²) in [5.74, 6) is 0.956. The van der Waals surface area contributed by atoms with Crippen molar-refractivity contribution in [3.63, 3.8) is 0 Å².